The van der Waals surface area contributed by atoms with Crippen molar-refractivity contribution in [2.24, 2.45) is 5.41 Å². The van der Waals surface area contributed by atoms with Crippen LogP contribution in [0.5, 0.6) is 0 Å². The van der Waals surface area contributed by atoms with E-state index in [4.69, 9.17) is 12.2 Å². The zero-order valence-corrected chi connectivity index (χ0v) is 13.7. The number of thiocarbonyl (C=S) groups is 1. The minimum Gasteiger partial charge on any atom is -0.372 e. The van der Waals surface area contributed by atoms with E-state index >= 15 is 0 Å². The molecule has 2 rings (SSSR count). The second-order valence-corrected chi connectivity index (χ2v) is 6.81. The van der Waals surface area contributed by atoms with Gasteiger partial charge in [-0.1, -0.05) is 20.8 Å². The van der Waals surface area contributed by atoms with Gasteiger partial charge in [0.15, 0.2) is 5.11 Å². The predicted molar refractivity (Wildman–Crippen MR) is 91.7 cm³/mol. The zero-order valence-electron chi connectivity index (χ0n) is 12.9. The summed E-state index contributed by atoms with van der Waals surface area (Å²) in [4.78, 5) is 14.2. The Labute approximate surface area is 131 Å². The monoisotopic (exact) mass is 305 g/mol. The Balaban J connectivity index is 1.91. The van der Waals surface area contributed by atoms with Gasteiger partial charge in [-0.05, 0) is 49.3 Å². The van der Waals surface area contributed by atoms with Crippen molar-refractivity contribution in [3.8, 4) is 0 Å². The van der Waals surface area contributed by atoms with Gasteiger partial charge in [0.05, 0.1) is 0 Å². The van der Waals surface area contributed by atoms with Crippen molar-refractivity contribution in [1.29, 1.82) is 0 Å². The van der Waals surface area contributed by atoms with Gasteiger partial charge in [-0.25, -0.2) is 0 Å². The summed E-state index contributed by atoms with van der Waals surface area (Å²) in [5, 5.41) is 6.09. The molecule has 1 fully saturated rings. The minimum atomic E-state index is -0.453. The molecule has 4 nitrogen and oxygen atoms in total. The summed E-state index contributed by atoms with van der Waals surface area (Å²) in [6.45, 7) is 7.83. The van der Waals surface area contributed by atoms with Crippen molar-refractivity contribution in [1.82, 2.24) is 5.32 Å². The van der Waals surface area contributed by atoms with Crippen molar-refractivity contribution < 1.29 is 4.79 Å². The molecule has 5 heteroatoms. The molecule has 1 aliphatic heterocycles. The van der Waals surface area contributed by atoms with Crippen LogP contribution in [0.15, 0.2) is 24.3 Å². The maximum Gasteiger partial charge on any atom is 0.231 e. The number of nitrogens with zero attached hydrogens (tertiary/aromatic N) is 1. The van der Waals surface area contributed by atoms with Crippen LogP contribution in [-0.2, 0) is 4.79 Å². The largest absolute Gasteiger partial charge is 0.372 e. The summed E-state index contributed by atoms with van der Waals surface area (Å²) >= 11 is 5.17. The molecule has 0 spiro atoms. The molecule has 1 heterocycles. The molecular formula is C16H23N3OS. The molecule has 0 unspecified atom stereocenters. The first-order valence-electron chi connectivity index (χ1n) is 7.34. The Morgan fingerprint density at radius 2 is 1.71 bits per heavy atom. The average molecular weight is 305 g/mol. The van der Waals surface area contributed by atoms with Crippen LogP contribution in [0.3, 0.4) is 0 Å². The van der Waals surface area contributed by atoms with Gasteiger partial charge in [0.1, 0.15) is 0 Å². The number of carbonyl (C=O) groups excluding carboxylic acids is 1. The van der Waals surface area contributed by atoms with Gasteiger partial charge < -0.3 is 15.5 Å². The van der Waals surface area contributed by atoms with Crippen LogP contribution in [0.2, 0.25) is 0 Å². The van der Waals surface area contributed by atoms with E-state index in [1.54, 1.807) is 0 Å². The molecule has 2 N–H and O–H groups in total. The van der Waals surface area contributed by atoms with Crippen LogP contribution < -0.4 is 15.5 Å². The first kappa shape index (κ1) is 15.8. The Kier molecular flexibility index (Phi) is 4.83. The van der Waals surface area contributed by atoms with Crippen LogP contribution in [0.25, 0.3) is 0 Å². The molecule has 0 bridgehead atoms. The van der Waals surface area contributed by atoms with E-state index in [-0.39, 0.29) is 5.91 Å². The van der Waals surface area contributed by atoms with Gasteiger partial charge >= 0.3 is 0 Å². The maximum absolute atomic E-state index is 11.8. The minimum absolute atomic E-state index is 0.0892. The summed E-state index contributed by atoms with van der Waals surface area (Å²) in [5.41, 5.74) is 1.67. The van der Waals surface area contributed by atoms with Gasteiger partial charge in [-0.3, -0.25) is 4.79 Å². The van der Waals surface area contributed by atoms with Crippen molar-refractivity contribution in [2.45, 2.75) is 33.6 Å². The first-order chi connectivity index (χ1) is 9.86. The number of anilines is 2. The lowest BCUT2D eigenvalue weighted by molar-refractivity contribution is -0.126. The quantitative estimate of drug-likeness (QED) is 0.824. The Hall–Kier alpha value is -1.62. The Morgan fingerprint density at radius 1 is 1.14 bits per heavy atom. The summed E-state index contributed by atoms with van der Waals surface area (Å²) in [7, 11) is 0. The molecule has 0 aromatic heterocycles. The van der Waals surface area contributed by atoms with Gasteiger partial charge in [0.25, 0.3) is 0 Å². The molecule has 1 amide bonds. The number of carbonyl (C=O) groups is 1. The lowest BCUT2D eigenvalue weighted by Gasteiger charge is -2.20. The van der Waals surface area contributed by atoms with Crippen molar-refractivity contribution in [3.05, 3.63) is 24.3 Å². The number of hydrogen-bond acceptors (Lipinski definition) is 3. The average Bonchev–Trinajstić information content (AvgIpc) is 2.92. The lowest BCUT2D eigenvalue weighted by Crippen LogP contribution is -2.41. The number of rotatable bonds is 2. The van der Waals surface area contributed by atoms with Gasteiger partial charge in [-0.2, -0.15) is 0 Å². The second kappa shape index (κ2) is 6.43. The molecule has 0 atom stereocenters. The molecular weight excluding hydrogens is 282 g/mol. The fourth-order valence-corrected chi connectivity index (χ4v) is 2.39. The van der Waals surface area contributed by atoms with Crippen molar-refractivity contribution in [2.75, 3.05) is 23.3 Å². The standard InChI is InChI=1S/C16H23N3OS/c1-16(2,3)14(20)18-15(21)17-12-6-8-13(9-7-12)19-10-4-5-11-19/h6-9H,4-5,10-11H2,1-3H3,(H2,17,18,20,21). The highest BCUT2D eigenvalue weighted by Crippen LogP contribution is 2.22. The highest BCUT2D eigenvalue weighted by atomic mass is 32.1. The predicted octanol–water partition coefficient (Wildman–Crippen LogP) is 3.15. The molecule has 1 saturated heterocycles. The third-order valence-corrected chi connectivity index (χ3v) is 3.71. The van der Waals surface area contributed by atoms with E-state index in [0.717, 1.165) is 18.8 Å². The molecule has 0 radical (unpaired) electrons. The SMILES string of the molecule is CC(C)(C)C(=O)NC(=S)Nc1ccc(N2CCCC2)cc1. The molecule has 0 aliphatic carbocycles. The molecule has 1 aliphatic rings. The summed E-state index contributed by atoms with van der Waals surface area (Å²) in [5.74, 6) is -0.0892. The fourth-order valence-electron chi connectivity index (χ4n) is 2.18. The number of amides is 1. The maximum atomic E-state index is 11.8. The van der Waals surface area contributed by atoms with Gasteiger partial charge in [0.2, 0.25) is 5.91 Å². The third kappa shape index (κ3) is 4.43. The first-order valence-corrected chi connectivity index (χ1v) is 7.74. The van der Waals surface area contributed by atoms with Crippen LogP contribution in [0.1, 0.15) is 33.6 Å². The van der Waals surface area contributed by atoms with Crippen molar-refractivity contribution in [3.63, 3.8) is 0 Å². The van der Waals surface area contributed by atoms with Crippen LogP contribution in [-0.4, -0.2) is 24.1 Å². The van der Waals surface area contributed by atoms with Crippen LogP contribution >= 0.6 is 12.2 Å². The van der Waals surface area contributed by atoms with E-state index < -0.39 is 5.41 Å². The second-order valence-electron chi connectivity index (χ2n) is 6.40. The topological polar surface area (TPSA) is 44.4 Å². The smallest absolute Gasteiger partial charge is 0.231 e. The molecule has 114 valence electrons. The van der Waals surface area contributed by atoms with Crippen LogP contribution in [0.4, 0.5) is 11.4 Å². The van der Waals surface area contributed by atoms with E-state index in [2.05, 4.69) is 27.7 Å². The highest BCUT2D eigenvalue weighted by Gasteiger charge is 2.22. The summed E-state index contributed by atoms with van der Waals surface area (Å²) in [6.07, 6.45) is 2.53. The fraction of sp³-hybridized carbons (Fsp3) is 0.500. The summed E-state index contributed by atoms with van der Waals surface area (Å²) in [6, 6.07) is 8.15. The molecule has 1 aromatic carbocycles. The van der Waals surface area contributed by atoms with E-state index in [9.17, 15) is 4.79 Å². The lowest BCUT2D eigenvalue weighted by atomic mass is 9.96. The Morgan fingerprint density at radius 3 is 2.24 bits per heavy atom. The molecule has 1 aromatic rings. The number of nitrogens with one attached hydrogen (secondary N) is 2. The molecule has 21 heavy (non-hydrogen) atoms. The van der Waals surface area contributed by atoms with E-state index in [1.807, 2.05) is 32.9 Å². The third-order valence-electron chi connectivity index (χ3n) is 3.50. The highest BCUT2D eigenvalue weighted by molar-refractivity contribution is 7.80. The molecule has 0 saturated carbocycles. The van der Waals surface area contributed by atoms with E-state index in [1.165, 1.54) is 18.5 Å². The zero-order chi connectivity index (χ0) is 15.5. The van der Waals surface area contributed by atoms with Gasteiger partial charge in [0, 0.05) is 29.9 Å². The van der Waals surface area contributed by atoms with Crippen LogP contribution in [0, 0.1) is 5.41 Å². The number of hydrogen-bond donors (Lipinski definition) is 2. The number of benzene rings is 1. The van der Waals surface area contributed by atoms with E-state index in [0.29, 0.717) is 5.11 Å². The summed E-state index contributed by atoms with van der Waals surface area (Å²) < 4.78 is 0. The Bertz CT molecular complexity index is 513. The normalized spacial score (nSPS) is 14.9. The van der Waals surface area contributed by atoms with Gasteiger partial charge in [-0.15, -0.1) is 0 Å². The van der Waals surface area contributed by atoms with Crippen molar-refractivity contribution >= 4 is 34.6 Å².